The summed E-state index contributed by atoms with van der Waals surface area (Å²) in [4.78, 5) is 33.6. The third-order valence-electron chi connectivity index (χ3n) is 2.48. The summed E-state index contributed by atoms with van der Waals surface area (Å²) in [5.74, 6) is -2.22. The lowest BCUT2D eigenvalue weighted by Crippen LogP contribution is -2.55. The van der Waals surface area contributed by atoms with Crippen molar-refractivity contribution in [2.75, 3.05) is 0 Å². The van der Waals surface area contributed by atoms with Crippen molar-refractivity contribution in [3.63, 3.8) is 0 Å². The van der Waals surface area contributed by atoms with Gasteiger partial charge in [-0.2, -0.15) is 0 Å². The summed E-state index contributed by atoms with van der Waals surface area (Å²) in [6.07, 6.45) is 0. The summed E-state index contributed by atoms with van der Waals surface area (Å²) < 4.78 is 0. The topological polar surface area (TPSA) is 122 Å². The summed E-state index contributed by atoms with van der Waals surface area (Å²) in [6.45, 7) is 6.81. The van der Waals surface area contributed by atoms with E-state index in [2.05, 4.69) is 10.6 Å². The van der Waals surface area contributed by atoms with Gasteiger partial charge in [0.05, 0.1) is 0 Å². The van der Waals surface area contributed by atoms with Crippen LogP contribution >= 0.6 is 0 Å². The molecule has 7 heteroatoms. The highest BCUT2D eigenvalue weighted by Crippen LogP contribution is 2.03. The summed E-state index contributed by atoms with van der Waals surface area (Å²) in [7, 11) is 0. The molecule has 0 aromatic rings. The Kier molecular flexibility index (Phi) is 6.15. The van der Waals surface area contributed by atoms with Gasteiger partial charge in [0.1, 0.15) is 12.1 Å². The van der Waals surface area contributed by atoms with Crippen LogP contribution in [0, 0.1) is 11.8 Å². The Hall–Kier alpha value is -1.79. The van der Waals surface area contributed by atoms with Crippen molar-refractivity contribution in [3.05, 3.63) is 0 Å². The second kappa shape index (κ2) is 6.83. The average molecular weight is 259 g/mol. The van der Waals surface area contributed by atoms with Gasteiger partial charge in [-0.1, -0.05) is 27.7 Å². The molecule has 0 aliphatic rings. The minimum atomic E-state index is -1.12. The Balaban J connectivity index is 4.57. The van der Waals surface area contributed by atoms with Gasteiger partial charge in [0.15, 0.2) is 0 Å². The second-order valence-electron chi connectivity index (χ2n) is 4.80. The lowest BCUT2D eigenvalue weighted by Gasteiger charge is -2.22. The van der Waals surface area contributed by atoms with E-state index in [1.807, 2.05) is 0 Å². The van der Waals surface area contributed by atoms with Gasteiger partial charge in [0, 0.05) is 0 Å². The fraction of sp³-hybridized carbons (Fsp3) is 0.727. The van der Waals surface area contributed by atoms with Crippen LogP contribution in [0.3, 0.4) is 0 Å². The highest BCUT2D eigenvalue weighted by atomic mass is 16.4. The van der Waals surface area contributed by atoms with E-state index in [-0.39, 0.29) is 11.8 Å². The van der Waals surface area contributed by atoms with Crippen molar-refractivity contribution in [2.45, 2.75) is 39.8 Å². The van der Waals surface area contributed by atoms with E-state index < -0.39 is 30.0 Å². The molecule has 5 N–H and O–H groups in total. The maximum Gasteiger partial charge on any atom is 0.326 e. The molecule has 0 aromatic carbocycles. The SMILES string of the molecule is CC(C)C(NC(=O)N[C@@H](C(=O)O)C(C)C)C(N)=O. The van der Waals surface area contributed by atoms with Gasteiger partial charge in [-0.3, -0.25) is 4.79 Å². The number of nitrogens with two attached hydrogens (primary N) is 1. The number of carboxylic acid groups (broad SMARTS) is 1. The summed E-state index contributed by atoms with van der Waals surface area (Å²) in [6, 6.07) is -2.55. The highest BCUT2D eigenvalue weighted by Gasteiger charge is 2.26. The van der Waals surface area contributed by atoms with Crippen molar-refractivity contribution >= 4 is 17.9 Å². The molecule has 0 saturated heterocycles. The van der Waals surface area contributed by atoms with Crippen LogP contribution in [0.1, 0.15) is 27.7 Å². The number of carbonyl (C=O) groups excluding carboxylic acids is 2. The molecule has 3 amide bonds. The largest absolute Gasteiger partial charge is 0.480 e. The number of primary amides is 1. The highest BCUT2D eigenvalue weighted by molar-refractivity contribution is 5.88. The number of hydrogen-bond donors (Lipinski definition) is 4. The standard InChI is InChI=1S/C11H21N3O4/c1-5(2)7(9(12)15)13-11(18)14-8(6(3)4)10(16)17/h5-8H,1-4H3,(H2,12,15)(H,16,17)(H2,13,14,18)/t7?,8-/m1/s1. The molecular weight excluding hydrogens is 238 g/mol. The van der Waals surface area contributed by atoms with E-state index in [1.54, 1.807) is 27.7 Å². The number of rotatable bonds is 6. The Bertz CT molecular complexity index is 298. The quantitative estimate of drug-likeness (QED) is 0.532. The molecule has 104 valence electrons. The Morgan fingerprint density at radius 3 is 1.61 bits per heavy atom. The number of amides is 3. The summed E-state index contributed by atoms with van der Waals surface area (Å²) >= 11 is 0. The molecule has 0 aromatic heterocycles. The van der Waals surface area contributed by atoms with Gasteiger partial charge in [0.2, 0.25) is 5.91 Å². The third-order valence-corrected chi connectivity index (χ3v) is 2.48. The van der Waals surface area contributed by atoms with E-state index in [9.17, 15) is 14.4 Å². The Morgan fingerprint density at radius 2 is 1.33 bits per heavy atom. The van der Waals surface area contributed by atoms with Crippen molar-refractivity contribution in [2.24, 2.45) is 17.6 Å². The molecular formula is C11H21N3O4. The molecule has 0 rings (SSSR count). The van der Waals surface area contributed by atoms with Gasteiger partial charge < -0.3 is 21.5 Å². The Labute approximate surface area is 106 Å². The van der Waals surface area contributed by atoms with Crippen molar-refractivity contribution < 1.29 is 19.5 Å². The van der Waals surface area contributed by atoms with Crippen LogP contribution in [0.2, 0.25) is 0 Å². The first-order valence-electron chi connectivity index (χ1n) is 5.76. The van der Waals surface area contributed by atoms with Crippen molar-refractivity contribution in [1.82, 2.24) is 10.6 Å². The van der Waals surface area contributed by atoms with Crippen molar-refractivity contribution in [1.29, 1.82) is 0 Å². The van der Waals surface area contributed by atoms with Crippen LogP contribution in [0.25, 0.3) is 0 Å². The van der Waals surface area contributed by atoms with Crippen LogP contribution in [0.15, 0.2) is 0 Å². The smallest absolute Gasteiger partial charge is 0.326 e. The number of urea groups is 1. The molecule has 0 fully saturated rings. The fourth-order valence-electron chi connectivity index (χ4n) is 1.40. The van der Waals surface area contributed by atoms with E-state index in [4.69, 9.17) is 10.8 Å². The molecule has 0 aliphatic carbocycles. The second-order valence-corrected chi connectivity index (χ2v) is 4.80. The predicted molar refractivity (Wildman–Crippen MR) is 65.7 cm³/mol. The molecule has 0 aliphatic heterocycles. The third kappa shape index (κ3) is 5.03. The minimum absolute atomic E-state index is 0.171. The number of nitrogens with one attached hydrogen (secondary N) is 2. The van der Waals surface area contributed by atoms with Gasteiger partial charge in [-0.25, -0.2) is 9.59 Å². The molecule has 0 saturated carbocycles. The normalized spacial score (nSPS) is 14.1. The van der Waals surface area contributed by atoms with Crippen LogP contribution in [-0.2, 0) is 9.59 Å². The monoisotopic (exact) mass is 259 g/mol. The van der Waals surface area contributed by atoms with Gasteiger partial charge in [-0.15, -0.1) is 0 Å². The maximum atomic E-state index is 11.6. The first kappa shape index (κ1) is 16.2. The zero-order chi connectivity index (χ0) is 14.5. The molecule has 2 atom stereocenters. The zero-order valence-corrected chi connectivity index (χ0v) is 11.1. The molecule has 0 spiro atoms. The lowest BCUT2D eigenvalue weighted by molar-refractivity contribution is -0.140. The molecule has 0 radical (unpaired) electrons. The Morgan fingerprint density at radius 1 is 0.944 bits per heavy atom. The van der Waals surface area contributed by atoms with Gasteiger partial charge >= 0.3 is 12.0 Å². The van der Waals surface area contributed by atoms with E-state index in [0.717, 1.165) is 0 Å². The van der Waals surface area contributed by atoms with Gasteiger partial charge in [-0.05, 0) is 11.8 Å². The number of carbonyl (C=O) groups is 3. The predicted octanol–water partition coefficient (Wildman–Crippen LogP) is -0.0953. The van der Waals surface area contributed by atoms with E-state index >= 15 is 0 Å². The van der Waals surface area contributed by atoms with Crippen LogP contribution < -0.4 is 16.4 Å². The first-order valence-corrected chi connectivity index (χ1v) is 5.76. The summed E-state index contributed by atoms with van der Waals surface area (Å²) in [5, 5.41) is 13.6. The average Bonchev–Trinajstić information content (AvgIpc) is 2.20. The lowest BCUT2D eigenvalue weighted by atomic mass is 10.0. The van der Waals surface area contributed by atoms with Crippen molar-refractivity contribution in [3.8, 4) is 0 Å². The zero-order valence-electron chi connectivity index (χ0n) is 11.1. The van der Waals surface area contributed by atoms with Crippen LogP contribution in [0.5, 0.6) is 0 Å². The number of hydrogen-bond acceptors (Lipinski definition) is 3. The molecule has 18 heavy (non-hydrogen) atoms. The number of aliphatic carboxylic acids is 1. The number of carboxylic acids is 1. The molecule has 0 bridgehead atoms. The summed E-state index contributed by atoms with van der Waals surface area (Å²) in [5.41, 5.74) is 5.14. The maximum absolute atomic E-state index is 11.6. The van der Waals surface area contributed by atoms with E-state index in [1.165, 1.54) is 0 Å². The molecule has 1 unspecified atom stereocenters. The van der Waals surface area contributed by atoms with Crippen LogP contribution in [-0.4, -0.2) is 35.1 Å². The van der Waals surface area contributed by atoms with E-state index in [0.29, 0.717) is 0 Å². The van der Waals surface area contributed by atoms with Gasteiger partial charge in [0.25, 0.3) is 0 Å². The minimum Gasteiger partial charge on any atom is -0.480 e. The molecule has 7 nitrogen and oxygen atoms in total. The fourth-order valence-corrected chi connectivity index (χ4v) is 1.40. The molecule has 0 heterocycles. The van der Waals surface area contributed by atoms with Crippen LogP contribution in [0.4, 0.5) is 4.79 Å². The first-order chi connectivity index (χ1) is 8.16.